The second kappa shape index (κ2) is 10.1. The van der Waals surface area contributed by atoms with Crippen LogP contribution in [0.15, 0.2) is 0 Å². The quantitative estimate of drug-likeness (QED) is 0.213. The summed E-state index contributed by atoms with van der Waals surface area (Å²) in [5, 5.41) is 79.5. The molecule has 11 N–H and O–H groups in total. The van der Waals surface area contributed by atoms with Gasteiger partial charge in [-0.05, 0) is 0 Å². The monoisotopic (exact) mass is 359 g/mol. The van der Waals surface area contributed by atoms with Crippen LogP contribution in [0, 0.1) is 0 Å². The van der Waals surface area contributed by atoms with Gasteiger partial charge >= 0.3 is 5.97 Å². The van der Waals surface area contributed by atoms with Gasteiger partial charge in [0.1, 0.15) is 24.4 Å². The number of carbonyl (C=O) groups is 1. The molecule has 1 aliphatic rings. The molecule has 12 nitrogen and oxygen atoms in total. The zero-order valence-electron chi connectivity index (χ0n) is 12.7. The second-order valence-corrected chi connectivity index (χ2v) is 5.28. The molecule has 0 aromatic carbocycles. The molecule has 0 aromatic heterocycles. The molecule has 144 valence electrons. The third kappa shape index (κ3) is 6.18. The predicted octanol–water partition coefficient (Wildman–Crippen LogP) is -5.72. The molecule has 0 spiro atoms. The predicted molar refractivity (Wildman–Crippen MR) is 75.3 cm³/mol. The maximum absolute atomic E-state index is 10.8. The van der Waals surface area contributed by atoms with Crippen molar-refractivity contribution in [1.82, 2.24) is 0 Å². The first-order chi connectivity index (χ1) is 11.0. The molecule has 3 unspecified atom stereocenters. The number of hydrogen-bond donors (Lipinski definition) is 10. The van der Waals surface area contributed by atoms with Gasteiger partial charge in [0, 0.05) is 6.42 Å². The lowest BCUT2D eigenvalue weighted by Gasteiger charge is -2.43. The van der Waals surface area contributed by atoms with Gasteiger partial charge in [0.2, 0.25) is 0 Å². The summed E-state index contributed by atoms with van der Waals surface area (Å²) in [7, 11) is 0. The molecule has 1 aliphatic heterocycles. The first kappa shape index (κ1) is 23.1. The molecule has 6 atom stereocenters. The summed E-state index contributed by atoms with van der Waals surface area (Å²) in [6.45, 7) is -1.54. The van der Waals surface area contributed by atoms with Crippen LogP contribution in [0.5, 0.6) is 0 Å². The van der Waals surface area contributed by atoms with Crippen LogP contribution in [0.1, 0.15) is 6.42 Å². The number of aliphatic hydroxyl groups is 8. The van der Waals surface area contributed by atoms with E-state index in [9.17, 15) is 25.2 Å². The van der Waals surface area contributed by atoms with Gasteiger partial charge in [-0.15, -0.1) is 0 Å². The van der Waals surface area contributed by atoms with Crippen LogP contribution in [-0.2, 0) is 9.53 Å². The van der Waals surface area contributed by atoms with Crippen LogP contribution in [0.25, 0.3) is 0 Å². The summed E-state index contributed by atoms with van der Waals surface area (Å²) in [6, 6.07) is -1.21. The summed E-state index contributed by atoms with van der Waals surface area (Å²) in [5.41, 5.74) is 5.51. The maximum Gasteiger partial charge on any atom is 0.364 e. The van der Waals surface area contributed by atoms with E-state index in [1.807, 2.05) is 0 Å². The molecule has 0 saturated carbocycles. The molecular formula is C12H25NO11. The second-order valence-electron chi connectivity index (χ2n) is 5.28. The molecule has 0 amide bonds. The van der Waals surface area contributed by atoms with Crippen LogP contribution in [-0.4, -0.2) is 114 Å². The molecular weight excluding hydrogens is 334 g/mol. The smallest absolute Gasteiger partial charge is 0.364 e. The zero-order chi connectivity index (χ0) is 19.1. The van der Waals surface area contributed by atoms with E-state index >= 15 is 0 Å². The van der Waals surface area contributed by atoms with Gasteiger partial charge in [0.05, 0.1) is 32.0 Å². The number of ether oxygens (including phenoxy) is 1. The standard InChI is InChI=1S/C9H17NO8.C3H8O3/c10-5-3(12)1-9(17,8(15)16)18-7(5)6(14)4(13)2-11;4-1-3(6)2-5/h3-7,11-14,17H,1-2,10H2,(H,15,16);3-6H,1-2H2/t3-,4?,5+,6?,7+,9?;/m0./s1. The van der Waals surface area contributed by atoms with E-state index in [0.717, 1.165) is 0 Å². The van der Waals surface area contributed by atoms with E-state index < -0.39 is 61.3 Å². The Morgan fingerprint density at radius 1 is 1.17 bits per heavy atom. The Morgan fingerprint density at radius 3 is 2.00 bits per heavy atom. The first-order valence-electron chi connectivity index (χ1n) is 6.98. The fourth-order valence-electron chi connectivity index (χ4n) is 1.81. The molecule has 1 fully saturated rings. The van der Waals surface area contributed by atoms with Gasteiger partial charge in [0.25, 0.3) is 5.79 Å². The third-order valence-corrected chi connectivity index (χ3v) is 3.31. The van der Waals surface area contributed by atoms with E-state index in [1.54, 1.807) is 0 Å². The Balaban J connectivity index is 0.000000754. The van der Waals surface area contributed by atoms with Crippen molar-refractivity contribution < 1.29 is 55.5 Å². The number of aliphatic hydroxyl groups excluding tert-OH is 7. The molecule has 24 heavy (non-hydrogen) atoms. The van der Waals surface area contributed by atoms with Crippen LogP contribution in [0.3, 0.4) is 0 Å². The number of carboxylic acids is 1. The van der Waals surface area contributed by atoms with E-state index in [-0.39, 0.29) is 13.2 Å². The van der Waals surface area contributed by atoms with Gasteiger partial charge < -0.3 is 56.4 Å². The van der Waals surface area contributed by atoms with Crippen molar-refractivity contribution in [2.24, 2.45) is 5.73 Å². The van der Waals surface area contributed by atoms with E-state index in [4.69, 9.17) is 36.0 Å². The lowest BCUT2D eigenvalue weighted by Crippen LogP contribution is -2.65. The molecule has 1 saturated heterocycles. The van der Waals surface area contributed by atoms with E-state index in [0.29, 0.717) is 0 Å². The summed E-state index contributed by atoms with van der Waals surface area (Å²) < 4.78 is 4.75. The fourth-order valence-corrected chi connectivity index (χ4v) is 1.81. The SMILES string of the molecule is N[C@@H]1[C@@H](O)CC(O)(C(=O)O)O[C@H]1C(O)C(O)CO.OCC(O)CO. The highest BCUT2D eigenvalue weighted by molar-refractivity contribution is 5.75. The fraction of sp³-hybridized carbons (Fsp3) is 0.917. The number of hydrogen-bond acceptors (Lipinski definition) is 11. The average Bonchev–Trinajstić information content (AvgIpc) is 2.56. The highest BCUT2D eigenvalue weighted by Gasteiger charge is 2.52. The highest BCUT2D eigenvalue weighted by Crippen LogP contribution is 2.29. The zero-order valence-corrected chi connectivity index (χ0v) is 12.7. The topological polar surface area (TPSA) is 234 Å². The largest absolute Gasteiger partial charge is 0.477 e. The Hall–Kier alpha value is -0.930. The van der Waals surface area contributed by atoms with Gasteiger partial charge in [-0.1, -0.05) is 0 Å². The van der Waals surface area contributed by atoms with Crippen molar-refractivity contribution in [2.45, 2.75) is 48.8 Å². The first-order valence-corrected chi connectivity index (χ1v) is 6.98. The molecule has 1 heterocycles. The van der Waals surface area contributed by atoms with Gasteiger partial charge in [-0.2, -0.15) is 0 Å². The summed E-state index contributed by atoms with van der Waals surface area (Å²) >= 11 is 0. The van der Waals surface area contributed by atoms with Crippen LogP contribution in [0.4, 0.5) is 0 Å². The molecule has 12 heteroatoms. The molecule has 0 aromatic rings. The van der Waals surface area contributed by atoms with Crippen molar-refractivity contribution >= 4 is 5.97 Å². The Morgan fingerprint density at radius 2 is 1.67 bits per heavy atom. The lowest BCUT2D eigenvalue weighted by atomic mass is 9.89. The number of nitrogens with two attached hydrogens (primary N) is 1. The molecule has 0 radical (unpaired) electrons. The Labute approximate surface area is 137 Å². The van der Waals surface area contributed by atoms with Crippen molar-refractivity contribution in [2.75, 3.05) is 19.8 Å². The average molecular weight is 359 g/mol. The lowest BCUT2D eigenvalue weighted by molar-refractivity contribution is -0.292. The van der Waals surface area contributed by atoms with Gasteiger partial charge in [-0.25, -0.2) is 4.79 Å². The van der Waals surface area contributed by atoms with Crippen LogP contribution in [0.2, 0.25) is 0 Å². The summed E-state index contributed by atoms with van der Waals surface area (Å²) in [5.74, 6) is -4.44. The van der Waals surface area contributed by atoms with Crippen LogP contribution >= 0.6 is 0 Å². The minimum atomic E-state index is -2.70. The molecule has 1 rings (SSSR count). The van der Waals surface area contributed by atoms with Crippen LogP contribution < -0.4 is 5.73 Å². The third-order valence-electron chi connectivity index (χ3n) is 3.31. The minimum absolute atomic E-state index is 0.365. The van der Waals surface area contributed by atoms with E-state index in [1.165, 1.54) is 0 Å². The summed E-state index contributed by atoms with van der Waals surface area (Å²) in [6.07, 6.45) is -7.97. The van der Waals surface area contributed by atoms with Gasteiger partial charge in [0.15, 0.2) is 0 Å². The Bertz CT molecular complexity index is 380. The molecule has 0 bridgehead atoms. The maximum atomic E-state index is 10.8. The van der Waals surface area contributed by atoms with Crippen molar-refractivity contribution in [3.8, 4) is 0 Å². The van der Waals surface area contributed by atoms with Crippen molar-refractivity contribution in [3.63, 3.8) is 0 Å². The summed E-state index contributed by atoms with van der Waals surface area (Å²) in [4.78, 5) is 10.8. The van der Waals surface area contributed by atoms with E-state index in [2.05, 4.69) is 0 Å². The van der Waals surface area contributed by atoms with Crippen molar-refractivity contribution in [3.05, 3.63) is 0 Å². The Kier molecular flexibility index (Phi) is 9.76. The number of aliphatic carboxylic acids is 1. The number of carboxylic acid groups (broad SMARTS) is 1. The highest BCUT2D eigenvalue weighted by atomic mass is 16.7. The molecule has 0 aliphatic carbocycles. The van der Waals surface area contributed by atoms with Crippen molar-refractivity contribution in [1.29, 1.82) is 0 Å². The number of rotatable bonds is 6. The normalized spacial score (nSPS) is 32.7. The van der Waals surface area contributed by atoms with Gasteiger partial charge in [-0.3, -0.25) is 0 Å². The minimum Gasteiger partial charge on any atom is -0.477 e.